The number of nitrogens with one attached hydrogen (secondary N) is 1. The van der Waals surface area contributed by atoms with E-state index in [0.717, 1.165) is 18.4 Å². The van der Waals surface area contributed by atoms with Crippen LogP contribution in [0.4, 0.5) is 0 Å². The molecule has 0 aromatic heterocycles. The average Bonchev–Trinajstić information content (AvgIpc) is 2.55. The Morgan fingerprint density at radius 3 is 2.45 bits per heavy atom. The van der Waals surface area contributed by atoms with Gasteiger partial charge in [-0.2, -0.15) is 0 Å². The van der Waals surface area contributed by atoms with Gasteiger partial charge in [0.25, 0.3) is 0 Å². The Balaban J connectivity index is 2.87. The number of rotatable bonds is 5. The van der Waals surface area contributed by atoms with Gasteiger partial charge in [0.2, 0.25) is 5.91 Å². The summed E-state index contributed by atoms with van der Waals surface area (Å²) in [4.78, 5) is 24.4. The lowest BCUT2D eigenvalue weighted by Crippen LogP contribution is -2.41. The Hall–Kier alpha value is -1.32. The highest BCUT2D eigenvalue weighted by Gasteiger charge is 2.46. The third-order valence-corrected chi connectivity index (χ3v) is 3.43. The van der Waals surface area contributed by atoms with Crippen molar-refractivity contribution in [3.05, 3.63) is 12.2 Å². The third-order valence-electron chi connectivity index (χ3n) is 3.43. The molecule has 1 N–H and O–H groups in total. The molecule has 1 aliphatic rings. The van der Waals surface area contributed by atoms with E-state index in [9.17, 15) is 9.59 Å². The summed E-state index contributed by atoms with van der Waals surface area (Å²) in [7, 11) is 0. The number of ether oxygens (including phenoxy) is 1. The minimum Gasteiger partial charge on any atom is -0.458 e. The molecule has 20 heavy (non-hydrogen) atoms. The van der Waals surface area contributed by atoms with Crippen LogP contribution in [-0.4, -0.2) is 23.5 Å². The highest BCUT2D eigenvalue weighted by atomic mass is 16.6. The van der Waals surface area contributed by atoms with Gasteiger partial charge in [0.1, 0.15) is 11.6 Å². The summed E-state index contributed by atoms with van der Waals surface area (Å²) in [5, 5.41) is 2.81. The van der Waals surface area contributed by atoms with Crippen LogP contribution in [0.1, 0.15) is 53.9 Å². The second-order valence-electron chi connectivity index (χ2n) is 6.74. The van der Waals surface area contributed by atoms with Crippen molar-refractivity contribution < 1.29 is 14.3 Å². The third kappa shape index (κ3) is 4.36. The molecule has 0 bridgehead atoms. The van der Waals surface area contributed by atoms with Gasteiger partial charge in [-0.25, -0.2) is 4.79 Å². The highest BCUT2D eigenvalue weighted by molar-refractivity contribution is 5.90. The molecular formula is C16H27NO3. The summed E-state index contributed by atoms with van der Waals surface area (Å²) in [6.45, 7) is 13.4. The molecule has 1 aliphatic heterocycles. The molecule has 4 nitrogen and oxygen atoms in total. The molecule has 3 atom stereocenters. The maximum Gasteiger partial charge on any atom is 0.329 e. The lowest BCUT2D eigenvalue weighted by atomic mass is 9.83. The molecule has 0 radical (unpaired) electrons. The average molecular weight is 281 g/mol. The lowest BCUT2D eigenvalue weighted by Gasteiger charge is -2.25. The summed E-state index contributed by atoms with van der Waals surface area (Å²) < 4.78 is 5.42. The fourth-order valence-corrected chi connectivity index (χ4v) is 2.71. The van der Waals surface area contributed by atoms with E-state index in [-0.39, 0.29) is 23.7 Å². The second kappa shape index (κ2) is 6.42. The number of hydrogen-bond donors (Lipinski definition) is 1. The molecule has 0 aliphatic carbocycles. The molecule has 1 saturated heterocycles. The summed E-state index contributed by atoms with van der Waals surface area (Å²) in [5.41, 5.74) is 0.432. The maximum absolute atomic E-state index is 12.3. The Kier molecular flexibility index (Phi) is 5.37. The van der Waals surface area contributed by atoms with Crippen molar-refractivity contribution in [2.45, 2.75) is 65.5 Å². The zero-order valence-electron chi connectivity index (χ0n) is 13.3. The topological polar surface area (TPSA) is 55.4 Å². The van der Waals surface area contributed by atoms with Gasteiger partial charge in [0.15, 0.2) is 0 Å². The highest BCUT2D eigenvalue weighted by Crippen LogP contribution is 2.33. The van der Waals surface area contributed by atoms with E-state index in [1.165, 1.54) is 0 Å². The van der Waals surface area contributed by atoms with Crippen LogP contribution in [0.15, 0.2) is 12.2 Å². The molecule has 0 spiro atoms. The van der Waals surface area contributed by atoms with Crippen LogP contribution in [0.3, 0.4) is 0 Å². The van der Waals surface area contributed by atoms with Gasteiger partial charge in [-0.05, 0) is 40.5 Å². The van der Waals surface area contributed by atoms with E-state index in [4.69, 9.17) is 4.74 Å². The van der Waals surface area contributed by atoms with Crippen molar-refractivity contribution in [2.24, 2.45) is 11.8 Å². The van der Waals surface area contributed by atoms with Crippen LogP contribution >= 0.6 is 0 Å². The smallest absolute Gasteiger partial charge is 0.329 e. The lowest BCUT2D eigenvalue weighted by molar-refractivity contribution is -0.158. The van der Waals surface area contributed by atoms with Crippen LogP contribution in [0, 0.1) is 11.8 Å². The zero-order valence-corrected chi connectivity index (χ0v) is 13.3. The van der Waals surface area contributed by atoms with E-state index in [1.54, 1.807) is 0 Å². The van der Waals surface area contributed by atoms with Crippen LogP contribution in [0.25, 0.3) is 0 Å². The Morgan fingerprint density at radius 1 is 1.40 bits per heavy atom. The van der Waals surface area contributed by atoms with Crippen molar-refractivity contribution in [3.8, 4) is 0 Å². The fraction of sp³-hybridized carbons (Fsp3) is 0.750. The van der Waals surface area contributed by atoms with Crippen molar-refractivity contribution >= 4 is 11.9 Å². The SMILES string of the molecule is C=C(C)C[C@H]1C(=O)N[C@H](C(=O)OC(C)(C)C)[C@H]1CCC. The van der Waals surface area contributed by atoms with Gasteiger partial charge in [0.05, 0.1) is 0 Å². The molecule has 0 unspecified atom stereocenters. The van der Waals surface area contributed by atoms with Gasteiger partial charge in [0, 0.05) is 11.8 Å². The standard InChI is InChI=1S/C16H27NO3/c1-7-8-11-12(9-10(2)3)14(18)17-13(11)15(19)20-16(4,5)6/h11-13H,2,7-9H2,1,3-6H3,(H,17,18)/t11-,12+,13-/m0/s1. The molecule has 4 heteroatoms. The predicted octanol–water partition coefficient (Wildman–Crippen LogP) is 2.83. The first-order valence-corrected chi connectivity index (χ1v) is 7.33. The van der Waals surface area contributed by atoms with Crippen LogP contribution in [0.2, 0.25) is 0 Å². The first kappa shape index (κ1) is 16.7. The van der Waals surface area contributed by atoms with Crippen molar-refractivity contribution in [1.82, 2.24) is 5.32 Å². The number of carbonyl (C=O) groups excluding carboxylic acids is 2. The molecule has 1 amide bonds. The van der Waals surface area contributed by atoms with E-state index >= 15 is 0 Å². The van der Waals surface area contributed by atoms with Crippen LogP contribution in [0.5, 0.6) is 0 Å². The molecule has 114 valence electrons. The van der Waals surface area contributed by atoms with Gasteiger partial charge in [-0.1, -0.05) is 18.9 Å². The van der Waals surface area contributed by atoms with Crippen molar-refractivity contribution in [2.75, 3.05) is 0 Å². The first-order chi connectivity index (χ1) is 9.15. The second-order valence-corrected chi connectivity index (χ2v) is 6.74. The summed E-state index contributed by atoms with van der Waals surface area (Å²) >= 11 is 0. The minimum absolute atomic E-state index is 0.000880. The Labute approximate surface area is 122 Å². The molecule has 0 saturated carbocycles. The summed E-state index contributed by atoms with van der Waals surface area (Å²) in [6, 6.07) is -0.522. The Morgan fingerprint density at radius 2 is 2.00 bits per heavy atom. The number of esters is 1. The molecule has 1 heterocycles. The number of amides is 1. The van der Waals surface area contributed by atoms with Crippen LogP contribution < -0.4 is 5.32 Å². The fourth-order valence-electron chi connectivity index (χ4n) is 2.71. The van der Waals surface area contributed by atoms with Gasteiger partial charge in [-0.3, -0.25) is 4.79 Å². The van der Waals surface area contributed by atoms with Gasteiger partial charge >= 0.3 is 5.97 Å². The molecule has 0 aromatic carbocycles. The van der Waals surface area contributed by atoms with E-state index < -0.39 is 11.6 Å². The number of carbonyl (C=O) groups is 2. The number of allylic oxidation sites excluding steroid dienone is 1. The Bertz CT molecular complexity index is 395. The molecule has 1 rings (SSSR count). The number of hydrogen-bond acceptors (Lipinski definition) is 3. The largest absolute Gasteiger partial charge is 0.458 e. The molecule has 1 fully saturated rings. The zero-order chi connectivity index (χ0) is 15.5. The summed E-state index contributed by atoms with van der Waals surface area (Å²) in [5.74, 6) is -0.542. The first-order valence-electron chi connectivity index (χ1n) is 7.33. The monoisotopic (exact) mass is 281 g/mol. The minimum atomic E-state index is -0.537. The van der Waals surface area contributed by atoms with Crippen molar-refractivity contribution in [3.63, 3.8) is 0 Å². The van der Waals surface area contributed by atoms with E-state index in [1.807, 2.05) is 27.7 Å². The molecule has 0 aromatic rings. The summed E-state index contributed by atoms with van der Waals surface area (Å²) in [6.07, 6.45) is 2.40. The van der Waals surface area contributed by atoms with E-state index in [2.05, 4.69) is 18.8 Å². The quantitative estimate of drug-likeness (QED) is 0.623. The van der Waals surface area contributed by atoms with E-state index in [0.29, 0.717) is 6.42 Å². The van der Waals surface area contributed by atoms with Crippen LogP contribution in [-0.2, 0) is 14.3 Å². The normalized spacial score (nSPS) is 26.2. The van der Waals surface area contributed by atoms with Crippen molar-refractivity contribution in [1.29, 1.82) is 0 Å². The van der Waals surface area contributed by atoms with Gasteiger partial charge in [-0.15, -0.1) is 6.58 Å². The predicted molar refractivity (Wildman–Crippen MR) is 79.1 cm³/mol. The molecular weight excluding hydrogens is 254 g/mol. The maximum atomic E-state index is 12.3. The van der Waals surface area contributed by atoms with Gasteiger partial charge < -0.3 is 10.1 Å².